The van der Waals surface area contributed by atoms with Crippen LogP contribution in [0.2, 0.25) is 0 Å². The van der Waals surface area contributed by atoms with Crippen LogP contribution in [-0.2, 0) is 18.4 Å². The van der Waals surface area contributed by atoms with Gasteiger partial charge in [-0.2, -0.15) is 0 Å². The molecule has 0 saturated heterocycles. The van der Waals surface area contributed by atoms with E-state index in [4.69, 9.17) is 9.47 Å². The van der Waals surface area contributed by atoms with E-state index in [0.29, 0.717) is 22.5 Å². The maximum atomic E-state index is 11.2. The van der Waals surface area contributed by atoms with Gasteiger partial charge in [0.05, 0.1) is 12.9 Å². The molecule has 2 rings (SSSR count). The number of hydrogen-bond donors (Lipinski definition) is 1. The highest BCUT2D eigenvalue weighted by Crippen LogP contribution is 2.20. The van der Waals surface area contributed by atoms with Gasteiger partial charge < -0.3 is 19.4 Å². The molecule has 1 heterocycles. The second-order valence-electron chi connectivity index (χ2n) is 4.39. The van der Waals surface area contributed by atoms with Crippen LogP contribution in [0.15, 0.2) is 29.4 Å². The second kappa shape index (κ2) is 7.69. The lowest BCUT2D eigenvalue weighted by Crippen LogP contribution is -2.20. The SMILES string of the molecule is CNC(=O)CSc1nnc(COc2cccc(OC)c2)n1C. The molecule has 0 aliphatic rings. The van der Waals surface area contributed by atoms with Gasteiger partial charge in [0.25, 0.3) is 0 Å². The minimum absolute atomic E-state index is 0.0535. The minimum Gasteiger partial charge on any atom is -0.497 e. The molecule has 118 valence electrons. The maximum absolute atomic E-state index is 11.2. The highest BCUT2D eigenvalue weighted by molar-refractivity contribution is 7.99. The standard InChI is InChI=1S/C14H18N4O3S/c1-15-13(19)9-22-14-17-16-12(18(14)2)8-21-11-6-4-5-10(7-11)20-3/h4-7H,8-9H2,1-3H3,(H,15,19). The molecule has 22 heavy (non-hydrogen) atoms. The summed E-state index contributed by atoms with van der Waals surface area (Å²) in [5.41, 5.74) is 0. The number of nitrogens with one attached hydrogen (secondary N) is 1. The Labute approximate surface area is 133 Å². The quantitative estimate of drug-likeness (QED) is 0.773. The van der Waals surface area contributed by atoms with Crippen LogP contribution in [0.25, 0.3) is 0 Å². The van der Waals surface area contributed by atoms with E-state index < -0.39 is 0 Å². The van der Waals surface area contributed by atoms with Crippen LogP contribution in [-0.4, -0.2) is 40.6 Å². The summed E-state index contributed by atoms with van der Waals surface area (Å²) in [6.45, 7) is 0.289. The number of hydrogen-bond acceptors (Lipinski definition) is 6. The molecule has 8 heteroatoms. The Balaban J connectivity index is 1.95. The normalized spacial score (nSPS) is 10.3. The topological polar surface area (TPSA) is 78.3 Å². The van der Waals surface area contributed by atoms with Gasteiger partial charge in [0, 0.05) is 20.2 Å². The number of thioether (sulfide) groups is 1. The third-order valence-corrected chi connectivity index (χ3v) is 3.97. The lowest BCUT2D eigenvalue weighted by molar-refractivity contribution is -0.118. The van der Waals surface area contributed by atoms with E-state index in [-0.39, 0.29) is 12.5 Å². The molecule has 1 N–H and O–H groups in total. The summed E-state index contributed by atoms with van der Waals surface area (Å²) >= 11 is 1.33. The van der Waals surface area contributed by atoms with Crippen molar-refractivity contribution >= 4 is 17.7 Å². The lowest BCUT2D eigenvalue weighted by atomic mass is 10.3. The van der Waals surface area contributed by atoms with E-state index in [9.17, 15) is 4.79 Å². The first-order valence-electron chi connectivity index (χ1n) is 6.62. The van der Waals surface area contributed by atoms with Gasteiger partial charge in [-0.1, -0.05) is 17.8 Å². The third-order valence-electron chi connectivity index (χ3n) is 2.95. The molecule has 0 radical (unpaired) electrons. The largest absolute Gasteiger partial charge is 0.497 e. The molecule has 0 saturated carbocycles. The number of carbonyl (C=O) groups is 1. The zero-order valence-electron chi connectivity index (χ0n) is 12.7. The molecule has 0 spiro atoms. The van der Waals surface area contributed by atoms with E-state index >= 15 is 0 Å². The van der Waals surface area contributed by atoms with Gasteiger partial charge in [-0.3, -0.25) is 4.79 Å². The molecule has 2 aromatic rings. The van der Waals surface area contributed by atoms with E-state index in [1.54, 1.807) is 20.2 Å². The molecule has 0 bridgehead atoms. The molecule has 0 aliphatic heterocycles. The van der Waals surface area contributed by atoms with E-state index in [2.05, 4.69) is 15.5 Å². The maximum Gasteiger partial charge on any atom is 0.230 e. The van der Waals surface area contributed by atoms with Crippen LogP contribution >= 0.6 is 11.8 Å². The zero-order chi connectivity index (χ0) is 15.9. The van der Waals surface area contributed by atoms with Crippen LogP contribution < -0.4 is 14.8 Å². The summed E-state index contributed by atoms with van der Waals surface area (Å²) in [7, 11) is 5.06. The van der Waals surface area contributed by atoms with Crippen molar-refractivity contribution in [1.29, 1.82) is 0 Å². The van der Waals surface area contributed by atoms with Crippen molar-refractivity contribution < 1.29 is 14.3 Å². The first-order valence-corrected chi connectivity index (χ1v) is 7.61. The number of aromatic nitrogens is 3. The molecule has 0 atom stereocenters. The van der Waals surface area contributed by atoms with Gasteiger partial charge in [-0.25, -0.2) is 0 Å². The zero-order valence-corrected chi connectivity index (χ0v) is 13.5. The Bertz CT molecular complexity index is 645. The van der Waals surface area contributed by atoms with Crippen LogP contribution in [0, 0.1) is 0 Å². The summed E-state index contributed by atoms with van der Waals surface area (Å²) < 4.78 is 12.6. The number of methoxy groups -OCH3 is 1. The fourth-order valence-electron chi connectivity index (χ4n) is 1.64. The van der Waals surface area contributed by atoms with Gasteiger partial charge in [-0.15, -0.1) is 10.2 Å². The Morgan fingerprint density at radius 1 is 1.36 bits per heavy atom. The molecule has 0 unspecified atom stereocenters. The molecule has 1 amide bonds. The van der Waals surface area contributed by atoms with Crippen molar-refractivity contribution in [1.82, 2.24) is 20.1 Å². The average Bonchev–Trinajstić information content (AvgIpc) is 2.91. The van der Waals surface area contributed by atoms with Gasteiger partial charge in [-0.05, 0) is 12.1 Å². The van der Waals surface area contributed by atoms with Gasteiger partial charge in [0.1, 0.15) is 18.1 Å². The highest BCUT2D eigenvalue weighted by Gasteiger charge is 2.11. The second-order valence-corrected chi connectivity index (χ2v) is 5.33. The van der Waals surface area contributed by atoms with Crippen LogP contribution in [0.1, 0.15) is 5.82 Å². The van der Waals surface area contributed by atoms with E-state index in [1.165, 1.54) is 11.8 Å². The highest BCUT2D eigenvalue weighted by atomic mass is 32.2. The lowest BCUT2D eigenvalue weighted by Gasteiger charge is -2.07. The molecule has 7 nitrogen and oxygen atoms in total. The summed E-state index contributed by atoms with van der Waals surface area (Å²) in [5.74, 6) is 2.36. The summed E-state index contributed by atoms with van der Waals surface area (Å²) in [6, 6.07) is 7.36. The Morgan fingerprint density at radius 2 is 2.14 bits per heavy atom. The number of ether oxygens (including phenoxy) is 2. The Kier molecular flexibility index (Phi) is 5.65. The van der Waals surface area contributed by atoms with Gasteiger partial charge >= 0.3 is 0 Å². The monoisotopic (exact) mass is 322 g/mol. The van der Waals surface area contributed by atoms with E-state index in [0.717, 1.165) is 5.75 Å². The molecule has 1 aromatic carbocycles. The van der Waals surface area contributed by atoms with Crippen molar-refractivity contribution in [3.8, 4) is 11.5 Å². The first kappa shape index (κ1) is 16.2. The Morgan fingerprint density at radius 3 is 2.86 bits per heavy atom. The predicted molar refractivity (Wildman–Crippen MR) is 83.1 cm³/mol. The Hall–Kier alpha value is -2.22. The number of benzene rings is 1. The smallest absolute Gasteiger partial charge is 0.230 e. The molecule has 1 aromatic heterocycles. The fourth-order valence-corrected chi connectivity index (χ4v) is 2.44. The van der Waals surface area contributed by atoms with Crippen molar-refractivity contribution in [2.45, 2.75) is 11.8 Å². The molecular weight excluding hydrogens is 304 g/mol. The van der Waals surface area contributed by atoms with Gasteiger partial charge in [0.2, 0.25) is 5.91 Å². The average molecular weight is 322 g/mol. The van der Waals surface area contributed by atoms with Crippen LogP contribution in [0.4, 0.5) is 0 Å². The van der Waals surface area contributed by atoms with Crippen molar-refractivity contribution in [3.05, 3.63) is 30.1 Å². The van der Waals surface area contributed by atoms with Crippen molar-refractivity contribution in [2.24, 2.45) is 7.05 Å². The van der Waals surface area contributed by atoms with E-state index in [1.807, 2.05) is 29.8 Å². The van der Waals surface area contributed by atoms with Crippen molar-refractivity contribution in [2.75, 3.05) is 19.9 Å². The number of rotatable bonds is 7. The summed E-state index contributed by atoms with van der Waals surface area (Å²) in [4.78, 5) is 11.2. The van der Waals surface area contributed by atoms with Gasteiger partial charge in [0.15, 0.2) is 11.0 Å². The first-order chi connectivity index (χ1) is 10.6. The number of amides is 1. The van der Waals surface area contributed by atoms with Crippen LogP contribution in [0.5, 0.6) is 11.5 Å². The van der Waals surface area contributed by atoms with Crippen molar-refractivity contribution in [3.63, 3.8) is 0 Å². The molecule has 0 aliphatic carbocycles. The molecule has 0 fully saturated rings. The predicted octanol–water partition coefficient (Wildman–Crippen LogP) is 1.24. The van der Waals surface area contributed by atoms with Crippen LogP contribution in [0.3, 0.4) is 0 Å². The molecular formula is C14H18N4O3S. The fraction of sp³-hybridized carbons (Fsp3) is 0.357. The number of carbonyl (C=O) groups excluding carboxylic acids is 1. The number of nitrogens with zero attached hydrogens (tertiary/aromatic N) is 3. The summed E-state index contributed by atoms with van der Waals surface area (Å²) in [5, 5.41) is 11.4. The summed E-state index contributed by atoms with van der Waals surface area (Å²) in [6.07, 6.45) is 0. The third kappa shape index (κ3) is 4.14. The minimum atomic E-state index is -0.0535.